The summed E-state index contributed by atoms with van der Waals surface area (Å²) in [5.74, 6) is 0.665. The van der Waals surface area contributed by atoms with Crippen molar-refractivity contribution in [2.45, 2.75) is 57.4 Å². The lowest BCUT2D eigenvalue weighted by molar-refractivity contribution is 0.111. The summed E-state index contributed by atoms with van der Waals surface area (Å²) >= 11 is 0. The van der Waals surface area contributed by atoms with Crippen LogP contribution < -0.4 is 0 Å². The Balaban J connectivity index is 2.03. The largest absolute Gasteiger partial charge is 0.342 e. The molecular formula is C14H19NO. The first-order valence-corrected chi connectivity index (χ1v) is 6.57. The Bertz CT molecular complexity index is 399. The molecule has 0 saturated heterocycles. The Hall–Kier alpha value is -1.05. The van der Waals surface area contributed by atoms with Gasteiger partial charge < -0.3 is 4.57 Å². The van der Waals surface area contributed by atoms with Crippen LogP contribution in [0.4, 0.5) is 0 Å². The van der Waals surface area contributed by atoms with Gasteiger partial charge in [0.15, 0.2) is 6.29 Å². The lowest BCUT2D eigenvalue weighted by Crippen LogP contribution is -2.12. The molecule has 16 heavy (non-hydrogen) atoms. The van der Waals surface area contributed by atoms with Gasteiger partial charge in [0.1, 0.15) is 0 Å². The SMILES string of the molecule is O=Cc1c(C2CCCC2)cc2n1CCCC2. The predicted molar refractivity (Wildman–Crippen MR) is 64.0 cm³/mol. The van der Waals surface area contributed by atoms with Crippen LogP contribution in [0.3, 0.4) is 0 Å². The molecule has 2 heterocycles. The van der Waals surface area contributed by atoms with E-state index >= 15 is 0 Å². The minimum Gasteiger partial charge on any atom is -0.342 e. The Kier molecular flexibility index (Phi) is 2.58. The Morgan fingerprint density at radius 1 is 1.19 bits per heavy atom. The van der Waals surface area contributed by atoms with Crippen LogP contribution in [0.25, 0.3) is 0 Å². The molecule has 1 saturated carbocycles. The Morgan fingerprint density at radius 3 is 2.75 bits per heavy atom. The lowest BCUT2D eigenvalue weighted by Gasteiger charge is -2.16. The fourth-order valence-electron chi connectivity index (χ4n) is 3.38. The topological polar surface area (TPSA) is 22.0 Å². The van der Waals surface area contributed by atoms with E-state index in [1.807, 2.05) is 0 Å². The second-order valence-electron chi connectivity index (χ2n) is 5.18. The van der Waals surface area contributed by atoms with Crippen LogP contribution in [0.1, 0.15) is 66.2 Å². The molecular weight excluding hydrogens is 198 g/mol. The van der Waals surface area contributed by atoms with Crippen molar-refractivity contribution in [2.75, 3.05) is 0 Å². The van der Waals surface area contributed by atoms with Gasteiger partial charge in [-0.3, -0.25) is 4.79 Å². The van der Waals surface area contributed by atoms with E-state index in [0.717, 1.165) is 24.9 Å². The first-order valence-electron chi connectivity index (χ1n) is 6.57. The van der Waals surface area contributed by atoms with Gasteiger partial charge in [0.05, 0.1) is 5.69 Å². The van der Waals surface area contributed by atoms with Gasteiger partial charge in [-0.1, -0.05) is 12.8 Å². The molecule has 0 amide bonds. The van der Waals surface area contributed by atoms with Crippen LogP contribution in [0.15, 0.2) is 6.07 Å². The molecule has 3 rings (SSSR count). The first kappa shape index (κ1) is 10.1. The maximum Gasteiger partial charge on any atom is 0.166 e. The summed E-state index contributed by atoms with van der Waals surface area (Å²) in [7, 11) is 0. The minimum absolute atomic E-state index is 0.665. The van der Waals surface area contributed by atoms with Crippen LogP contribution >= 0.6 is 0 Å². The second-order valence-corrected chi connectivity index (χ2v) is 5.18. The summed E-state index contributed by atoms with van der Waals surface area (Å²) in [6.07, 6.45) is 10.00. The third-order valence-electron chi connectivity index (χ3n) is 4.23. The minimum atomic E-state index is 0.665. The highest BCUT2D eigenvalue weighted by Gasteiger charge is 2.25. The average Bonchev–Trinajstić information content (AvgIpc) is 2.95. The van der Waals surface area contributed by atoms with Crippen molar-refractivity contribution in [2.24, 2.45) is 0 Å². The number of rotatable bonds is 2. The summed E-state index contributed by atoms with van der Waals surface area (Å²) in [4.78, 5) is 11.3. The van der Waals surface area contributed by atoms with Crippen molar-refractivity contribution >= 4 is 6.29 Å². The molecule has 0 N–H and O–H groups in total. The average molecular weight is 217 g/mol. The van der Waals surface area contributed by atoms with Crippen LogP contribution in [0, 0.1) is 0 Å². The zero-order valence-electron chi connectivity index (χ0n) is 9.74. The fourth-order valence-corrected chi connectivity index (χ4v) is 3.38. The van der Waals surface area contributed by atoms with E-state index in [-0.39, 0.29) is 0 Å². The van der Waals surface area contributed by atoms with Gasteiger partial charge in [-0.15, -0.1) is 0 Å². The molecule has 1 aliphatic heterocycles. The second kappa shape index (κ2) is 4.08. The molecule has 0 radical (unpaired) electrons. The van der Waals surface area contributed by atoms with Gasteiger partial charge in [0, 0.05) is 12.2 Å². The molecule has 0 atom stereocenters. The number of nitrogens with zero attached hydrogens (tertiary/aromatic N) is 1. The van der Waals surface area contributed by atoms with Crippen LogP contribution in [0.5, 0.6) is 0 Å². The van der Waals surface area contributed by atoms with Crippen molar-refractivity contribution < 1.29 is 4.79 Å². The highest BCUT2D eigenvalue weighted by Crippen LogP contribution is 2.37. The molecule has 0 bridgehead atoms. The quantitative estimate of drug-likeness (QED) is 0.697. The van der Waals surface area contributed by atoms with E-state index in [9.17, 15) is 4.79 Å². The molecule has 2 heteroatoms. The number of aromatic nitrogens is 1. The van der Waals surface area contributed by atoms with Gasteiger partial charge in [-0.05, 0) is 49.7 Å². The number of aryl methyl sites for hydroxylation is 1. The third-order valence-corrected chi connectivity index (χ3v) is 4.23. The molecule has 1 aromatic heterocycles. The first-order chi connectivity index (χ1) is 7.90. The third kappa shape index (κ3) is 1.51. The molecule has 0 unspecified atom stereocenters. The van der Waals surface area contributed by atoms with E-state index in [0.29, 0.717) is 5.92 Å². The normalized spacial score (nSPS) is 21.0. The molecule has 1 fully saturated rings. The standard InChI is InChI=1S/C14H19NO/c16-10-14-13(11-5-1-2-6-11)9-12-7-3-4-8-15(12)14/h9-11H,1-8H2. The van der Waals surface area contributed by atoms with E-state index in [4.69, 9.17) is 0 Å². The predicted octanol–water partition coefficient (Wildman–Crippen LogP) is 3.29. The highest BCUT2D eigenvalue weighted by atomic mass is 16.1. The number of aldehydes is 1. The van der Waals surface area contributed by atoms with Crippen LogP contribution in [0.2, 0.25) is 0 Å². The van der Waals surface area contributed by atoms with Gasteiger partial charge in [0.25, 0.3) is 0 Å². The summed E-state index contributed by atoms with van der Waals surface area (Å²) in [6, 6.07) is 2.32. The lowest BCUT2D eigenvalue weighted by atomic mass is 9.98. The number of hydrogen-bond donors (Lipinski definition) is 0. The van der Waals surface area contributed by atoms with Gasteiger partial charge in [0.2, 0.25) is 0 Å². The van der Waals surface area contributed by atoms with Crippen molar-refractivity contribution in [1.29, 1.82) is 0 Å². The Labute approximate surface area is 96.6 Å². The van der Waals surface area contributed by atoms with Crippen molar-refractivity contribution in [3.8, 4) is 0 Å². The van der Waals surface area contributed by atoms with Crippen molar-refractivity contribution in [3.63, 3.8) is 0 Å². The Morgan fingerprint density at radius 2 is 2.00 bits per heavy atom. The zero-order chi connectivity index (χ0) is 11.0. The molecule has 0 spiro atoms. The number of fused-ring (bicyclic) bond motifs is 1. The number of carbonyl (C=O) groups is 1. The summed E-state index contributed by atoms with van der Waals surface area (Å²) < 4.78 is 2.27. The highest BCUT2D eigenvalue weighted by molar-refractivity contribution is 5.76. The molecule has 2 aliphatic rings. The van der Waals surface area contributed by atoms with E-state index in [1.165, 1.54) is 49.8 Å². The number of hydrogen-bond acceptors (Lipinski definition) is 1. The maximum absolute atomic E-state index is 11.3. The maximum atomic E-state index is 11.3. The molecule has 86 valence electrons. The van der Waals surface area contributed by atoms with Crippen LogP contribution in [-0.4, -0.2) is 10.9 Å². The summed E-state index contributed by atoms with van der Waals surface area (Å²) in [6.45, 7) is 1.05. The van der Waals surface area contributed by atoms with E-state index < -0.39 is 0 Å². The van der Waals surface area contributed by atoms with Gasteiger partial charge in [-0.25, -0.2) is 0 Å². The molecule has 2 nitrogen and oxygen atoms in total. The van der Waals surface area contributed by atoms with E-state index in [1.54, 1.807) is 0 Å². The summed E-state index contributed by atoms with van der Waals surface area (Å²) in [5.41, 5.74) is 3.74. The summed E-state index contributed by atoms with van der Waals surface area (Å²) in [5, 5.41) is 0. The molecule has 1 aromatic rings. The van der Waals surface area contributed by atoms with Crippen molar-refractivity contribution in [1.82, 2.24) is 4.57 Å². The zero-order valence-corrected chi connectivity index (χ0v) is 9.74. The van der Waals surface area contributed by atoms with E-state index in [2.05, 4.69) is 10.6 Å². The van der Waals surface area contributed by atoms with Gasteiger partial charge in [-0.2, -0.15) is 0 Å². The smallest absolute Gasteiger partial charge is 0.166 e. The monoisotopic (exact) mass is 217 g/mol. The van der Waals surface area contributed by atoms with Crippen LogP contribution in [-0.2, 0) is 13.0 Å². The molecule has 0 aromatic carbocycles. The molecule has 1 aliphatic carbocycles. The number of carbonyl (C=O) groups excluding carboxylic acids is 1. The fraction of sp³-hybridized carbons (Fsp3) is 0.643. The van der Waals surface area contributed by atoms with Crippen molar-refractivity contribution in [3.05, 3.63) is 23.0 Å². The van der Waals surface area contributed by atoms with Gasteiger partial charge >= 0.3 is 0 Å².